The van der Waals surface area contributed by atoms with Gasteiger partial charge in [-0.15, -0.1) is 10.2 Å². The second-order valence-corrected chi connectivity index (χ2v) is 7.68. The van der Waals surface area contributed by atoms with E-state index < -0.39 is 5.97 Å². The molecule has 1 fully saturated rings. The number of carbonyl (C=O) groups is 2. The van der Waals surface area contributed by atoms with Crippen LogP contribution in [0.1, 0.15) is 44.8 Å². The first kappa shape index (κ1) is 18.5. The first-order valence-corrected chi connectivity index (χ1v) is 10.2. The van der Waals surface area contributed by atoms with Gasteiger partial charge in [-0.1, -0.05) is 36.4 Å². The molecule has 0 unspecified atom stereocenters. The Hall–Kier alpha value is -3.54. The summed E-state index contributed by atoms with van der Waals surface area (Å²) in [5, 5.41) is 8.09. The van der Waals surface area contributed by atoms with Crippen LogP contribution in [0.15, 0.2) is 54.6 Å². The molecular formula is C24H21N3O3. The highest BCUT2D eigenvalue weighted by Crippen LogP contribution is 2.36. The summed E-state index contributed by atoms with van der Waals surface area (Å²) >= 11 is 0. The Kier molecular flexibility index (Phi) is 4.75. The lowest BCUT2D eigenvalue weighted by Crippen LogP contribution is -2.20. The molecule has 0 radical (unpaired) electrons. The molecule has 1 aliphatic carbocycles. The number of ether oxygens (including phenoxy) is 1. The lowest BCUT2D eigenvalue weighted by atomic mass is 10.0. The molecule has 150 valence electrons. The summed E-state index contributed by atoms with van der Waals surface area (Å²) in [5.41, 5.74) is 5.35. The quantitative estimate of drug-likeness (QED) is 0.376. The van der Waals surface area contributed by atoms with E-state index in [1.165, 1.54) is 11.1 Å². The summed E-state index contributed by atoms with van der Waals surface area (Å²) in [5.74, 6) is -0.119. The fraction of sp³-hybridized carbons (Fsp3) is 0.250. The van der Waals surface area contributed by atoms with Crippen LogP contribution in [0.3, 0.4) is 0 Å². The number of rotatable bonds is 5. The SMILES string of the molecule is O=C(COC(=O)c1ccc(N2CCCC2)nn1)c1ccc2c(c1)-c1ccccc1C2. The van der Waals surface area contributed by atoms with E-state index in [4.69, 9.17) is 4.74 Å². The van der Waals surface area contributed by atoms with Crippen LogP contribution in [0.2, 0.25) is 0 Å². The van der Waals surface area contributed by atoms with Gasteiger partial charge in [0.15, 0.2) is 23.9 Å². The van der Waals surface area contributed by atoms with Crippen LogP contribution in [0, 0.1) is 0 Å². The van der Waals surface area contributed by atoms with E-state index in [1.54, 1.807) is 18.2 Å². The van der Waals surface area contributed by atoms with Crippen molar-refractivity contribution in [1.29, 1.82) is 0 Å². The molecular weight excluding hydrogens is 378 g/mol. The Balaban J connectivity index is 1.24. The fourth-order valence-corrected chi connectivity index (χ4v) is 4.13. The average Bonchev–Trinajstić information content (AvgIpc) is 3.45. The van der Waals surface area contributed by atoms with Crippen molar-refractivity contribution in [3.05, 3.63) is 77.0 Å². The topological polar surface area (TPSA) is 72.4 Å². The van der Waals surface area contributed by atoms with Crippen LogP contribution in [-0.2, 0) is 11.2 Å². The molecule has 5 rings (SSSR count). The van der Waals surface area contributed by atoms with E-state index in [0.29, 0.717) is 5.56 Å². The monoisotopic (exact) mass is 399 g/mol. The molecule has 0 saturated carbocycles. The van der Waals surface area contributed by atoms with Crippen molar-refractivity contribution in [1.82, 2.24) is 10.2 Å². The lowest BCUT2D eigenvalue weighted by Gasteiger charge is -2.15. The van der Waals surface area contributed by atoms with E-state index >= 15 is 0 Å². The van der Waals surface area contributed by atoms with Gasteiger partial charge < -0.3 is 9.64 Å². The highest BCUT2D eigenvalue weighted by atomic mass is 16.5. The van der Waals surface area contributed by atoms with Gasteiger partial charge in [0.2, 0.25) is 0 Å². The van der Waals surface area contributed by atoms with E-state index in [0.717, 1.165) is 49.3 Å². The summed E-state index contributed by atoms with van der Waals surface area (Å²) < 4.78 is 5.19. The van der Waals surface area contributed by atoms with Gasteiger partial charge in [0.1, 0.15) is 0 Å². The minimum Gasteiger partial charge on any atom is -0.453 e. The normalized spacial score (nSPS) is 14.3. The second-order valence-electron chi connectivity index (χ2n) is 7.68. The Morgan fingerprint density at radius 2 is 1.70 bits per heavy atom. The van der Waals surface area contributed by atoms with Crippen LogP contribution in [0.5, 0.6) is 0 Å². The number of fused-ring (bicyclic) bond motifs is 3. The molecule has 2 aliphatic rings. The molecule has 30 heavy (non-hydrogen) atoms. The average molecular weight is 399 g/mol. The van der Waals surface area contributed by atoms with Crippen LogP contribution in [-0.4, -0.2) is 41.6 Å². The summed E-state index contributed by atoms with van der Waals surface area (Å²) in [7, 11) is 0. The standard InChI is InChI=1S/C24H21N3O3/c28-22(18-8-7-17-13-16-5-1-2-6-19(16)20(17)14-18)15-30-24(29)21-9-10-23(26-25-21)27-11-3-4-12-27/h1-2,5-10,14H,3-4,11-13,15H2. The lowest BCUT2D eigenvalue weighted by molar-refractivity contribution is 0.0468. The molecule has 2 aromatic carbocycles. The molecule has 3 aromatic rings. The van der Waals surface area contributed by atoms with Gasteiger partial charge >= 0.3 is 5.97 Å². The van der Waals surface area contributed by atoms with Crippen molar-refractivity contribution in [2.24, 2.45) is 0 Å². The maximum Gasteiger partial charge on any atom is 0.359 e. The van der Waals surface area contributed by atoms with E-state index in [2.05, 4.69) is 27.2 Å². The van der Waals surface area contributed by atoms with Crippen molar-refractivity contribution in [2.45, 2.75) is 19.3 Å². The molecule has 1 saturated heterocycles. The molecule has 2 heterocycles. The van der Waals surface area contributed by atoms with Crippen molar-refractivity contribution in [2.75, 3.05) is 24.6 Å². The number of benzene rings is 2. The van der Waals surface area contributed by atoms with Crippen molar-refractivity contribution < 1.29 is 14.3 Å². The fourth-order valence-electron chi connectivity index (χ4n) is 4.13. The van der Waals surface area contributed by atoms with Gasteiger partial charge in [0, 0.05) is 18.7 Å². The molecule has 0 amide bonds. The van der Waals surface area contributed by atoms with Crippen LogP contribution in [0.25, 0.3) is 11.1 Å². The van der Waals surface area contributed by atoms with Crippen molar-refractivity contribution in [3.63, 3.8) is 0 Å². The number of aromatic nitrogens is 2. The largest absolute Gasteiger partial charge is 0.453 e. The second kappa shape index (κ2) is 7.71. The molecule has 0 atom stereocenters. The zero-order valence-corrected chi connectivity index (χ0v) is 16.5. The predicted octanol–water partition coefficient (Wildman–Crippen LogP) is 3.69. The van der Waals surface area contributed by atoms with Crippen LogP contribution >= 0.6 is 0 Å². The number of hydrogen-bond donors (Lipinski definition) is 0. The van der Waals surface area contributed by atoms with Gasteiger partial charge in [-0.25, -0.2) is 4.79 Å². The van der Waals surface area contributed by atoms with Gasteiger partial charge in [0.05, 0.1) is 0 Å². The molecule has 6 nitrogen and oxygen atoms in total. The minimum atomic E-state index is -0.643. The molecule has 0 spiro atoms. The maximum atomic E-state index is 12.6. The first-order valence-electron chi connectivity index (χ1n) is 10.2. The summed E-state index contributed by atoms with van der Waals surface area (Å²) in [6.45, 7) is 1.59. The summed E-state index contributed by atoms with van der Waals surface area (Å²) in [6.07, 6.45) is 3.16. The number of anilines is 1. The number of esters is 1. The Labute approximate surface area is 174 Å². The number of hydrogen-bond acceptors (Lipinski definition) is 6. The molecule has 1 aliphatic heterocycles. The smallest absolute Gasteiger partial charge is 0.359 e. The number of nitrogens with zero attached hydrogens (tertiary/aromatic N) is 3. The van der Waals surface area contributed by atoms with E-state index in [-0.39, 0.29) is 18.1 Å². The highest BCUT2D eigenvalue weighted by Gasteiger charge is 2.21. The summed E-state index contributed by atoms with van der Waals surface area (Å²) in [4.78, 5) is 27.0. The van der Waals surface area contributed by atoms with Gasteiger partial charge in [-0.2, -0.15) is 0 Å². The van der Waals surface area contributed by atoms with Crippen molar-refractivity contribution in [3.8, 4) is 11.1 Å². The third-order valence-corrected chi connectivity index (χ3v) is 5.74. The third-order valence-electron chi connectivity index (χ3n) is 5.74. The zero-order chi connectivity index (χ0) is 20.5. The Morgan fingerprint density at radius 3 is 2.50 bits per heavy atom. The molecule has 6 heteroatoms. The Bertz CT molecular complexity index is 1120. The van der Waals surface area contributed by atoms with Crippen LogP contribution < -0.4 is 4.90 Å². The van der Waals surface area contributed by atoms with E-state index in [1.807, 2.05) is 24.3 Å². The molecule has 1 aromatic heterocycles. The number of ketones is 1. The molecule has 0 N–H and O–H groups in total. The zero-order valence-electron chi connectivity index (χ0n) is 16.5. The highest BCUT2D eigenvalue weighted by molar-refractivity contribution is 6.00. The Morgan fingerprint density at radius 1 is 0.900 bits per heavy atom. The first-order chi connectivity index (χ1) is 14.7. The third kappa shape index (κ3) is 3.45. The minimum absolute atomic E-state index is 0.105. The van der Waals surface area contributed by atoms with Gasteiger partial charge in [-0.05, 0) is 59.7 Å². The van der Waals surface area contributed by atoms with Gasteiger partial charge in [-0.3, -0.25) is 4.79 Å². The van der Waals surface area contributed by atoms with Crippen molar-refractivity contribution >= 4 is 17.6 Å². The number of Topliss-reactive ketones (excluding diaryl/α,β-unsaturated/α-hetero) is 1. The predicted molar refractivity (Wildman–Crippen MR) is 113 cm³/mol. The molecule has 0 bridgehead atoms. The van der Waals surface area contributed by atoms with E-state index in [9.17, 15) is 9.59 Å². The number of carbonyl (C=O) groups excluding carboxylic acids is 2. The maximum absolute atomic E-state index is 12.6. The van der Waals surface area contributed by atoms with Crippen LogP contribution in [0.4, 0.5) is 5.82 Å². The van der Waals surface area contributed by atoms with Gasteiger partial charge in [0.25, 0.3) is 0 Å². The summed E-state index contributed by atoms with van der Waals surface area (Å²) in [6, 6.07) is 17.2.